The van der Waals surface area contributed by atoms with Crippen molar-refractivity contribution < 1.29 is 9.59 Å². The van der Waals surface area contributed by atoms with Gasteiger partial charge in [0.05, 0.1) is 6.04 Å². The van der Waals surface area contributed by atoms with Gasteiger partial charge in [-0.25, -0.2) is 0 Å². The van der Waals surface area contributed by atoms with Gasteiger partial charge in [0.1, 0.15) is 0 Å². The van der Waals surface area contributed by atoms with E-state index in [-0.39, 0.29) is 23.8 Å². The molecule has 1 heterocycles. The number of nitrogens with one attached hydrogen (secondary N) is 3. The molecule has 1 rings (SSSR count). The van der Waals surface area contributed by atoms with Gasteiger partial charge in [-0.2, -0.15) is 0 Å². The molecule has 3 N–H and O–H groups in total. The molecular formula is C12H23N3O2. The molecule has 0 aliphatic carbocycles. The minimum atomic E-state index is -0.0733. The summed E-state index contributed by atoms with van der Waals surface area (Å²) in [5.74, 6) is 0.433. The van der Waals surface area contributed by atoms with E-state index < -0.39 is 0 Å². The summed E-state index contributed by atoms with van der Waals surface area (Å²) in [7, 11) is 0. The van der Waals surface area contributed by atoms with Crippen LogP contribution in [0.15, 0.2) is 0 Å². The molecule has 0 radical (unpaired) electrons. The molecule has 0 bridgehead atoms. The van der Waals surface area contributed by atoms with Crippen LogP contribution in [0.25, 0.3) is 0 Å². The highest BCUT2D eigenvalue weighted by molar-refractivity contribution is 5.82. The number of hydrogen-bond donors (Lipinski definition) is 3. The predicted molar refractivity (Wildman–Crippen MR) is 66.4 cm³/mol. The molecular weight excluding hydrogens is 218 g/mol. The molecule has 17 heavy (non-hydrogen) atoms. The lowest BCUT2D eigenvalue weighted by Gasteiger charge is -2.15. The Bertz CT molecular complexity index is 279. The molecule has 1 saturated heterocycles. The Morgan fingerprint density at radius 3 is 2.47 bits per heavy atom. The minimum Gasteiger partial charge on any atom is -0.354 e. The topological polar surface area (TPSA) is 70.2 Å². The summed E-state index contributed by atoms with van der Waals surface area (Å²) in [6.45, 7) is 7.65. The summed E-state index contributed by atoms with van der Waals surface area (Å²) in [6, 6.07) is -0.0733. The quantitative estimate of drug-likeness (QED) is 0.587. The van der Waals surface area contributed by atoms with Gasteiger partial charge in [-0.05, 0) is 18.9 Å². The lowest BCUT2D eigenvalue weighted by Crippen LogP contribution is -2.45. The van der Waals surface area contributed by atoms with Crippen LogP contribution in [0.4, 0.5) is 0 Å². The van der Waals surface area contributed by atoms with Crippen molar-refractivity contribution in [3.8, 4) is 0 Å². The van der Waals surface area contributed by atoms with Gasteiger partial charge < -0.3 is 16.0 Å². The summed E-state index contributed by atoms with van der Waals surface area (Å²) >= 11 is 0. The van der Waals surface area contributed by atoms with Crippen LogP contribution >= 0.6 is 0 Å². The first-order valence-corrected chi connectivity index (χ1v) is 6.31. The second kappa shape index (κ2) is 6.59. The molecule has 5 nitrogen and oxygen atoms in total. The fraction of sp³-hybridized carbons (Fsp3) is 0.833. The van der Waals surface area contributed by atoms with Gasteiger partial charge in [-0.3, -0.25) is 9.59 Å². The van der Waals surface area contributed by atoms with Crippen LogP contribution in [-0.4, -0.2) is 37.5 Å². The third kappa shape index (κ3) is 4.34. The normalized spacial score (nSPS) is 23.8. The smallest absolute Gasteiger partial charge is 0.237 e. The van der Waals surface area contributed by atoms with Crippen molar-refractivity contribution in [3.63, 3.8) is 0 Å². The number of carbonyl (C=O) groups is 2. The fourth-order valence-electron chi connectivity index (χ4n) is 1.87. The van der Waals surface area contributed by atoms with E-state index >= 15 is 0 Å². The molecule has 98 valence electrons. The SMILES string of the molecule is CC(C)C(=O)NCCNC(=O)C1NCCC1C. The molecule has 1 aliphatic heterocycles. The van der Waals surface area contributed by atoms with Crippen molar-refractivity contribution >= 4 is 11.8 Å². The van der Waals surface area contributed by atoms with Crippen molar-refractivity contribution in [1.29, 1.82) is 0 Å². The number of amides is 2. The van der Waals surface area contributed by atoms with Gasteiger partial charge in [-0.1, -0.05) is 20.8 Å². The molecule has 1 fully saturated rings. The molecule has 0 spiro atoms. The first-order chi connectivity index (χ1) is 8.02. The van der Waals surface area contributed by atoms with Crippen molar-refractivity contribution in [2.45, 2.75) is 33.2 Å². The van der Waals surface area contributed by atoms with E-state index in [0.717, 1.165) is 13.0 Å². The molecule has 2 unspecified atom stereocenters. The summed E-state index contributed by atoms with van der Waals surface area (Å²) in [5, 5.41) is 8.77. The van der Waals surface area contributed by atoms with E-state index in [2.05, 4.69) is 22.9 Å². The fourth-order valence-corrected chi connectivity index (χ4v) is 1.87. The van der Waals surface area contributed by atoms with Crippen molar-refractivity contribution in [2.24, 2.45) is 11.8 Å². The van der Waals surface area contributed by atoms with Crippen LogP contribution in [0, 0.1) is 11.8 Å². The van der Waals surface area contributed by atoms with E-state index in [1.807, 2.05) is 13.8 Å². The Hall–Kier alpha value is -1.10. The lowest BCUT2D eigenvalue weighted by atomic mass is 10.0. The first kappa shape index (κ1) is 14.0. The van der Waals surface area contributed by atoms with Crippen LogP contribution in [0.2, 0.25) is 0 Å². The lowest BCUT2D eigenvalue weighted by molar-refractivity contribution is -0.125. The third-order valence-corrected chi connectivity index (χ3v) is 3.06. The standard InChI is InChI=1S/C12H23N3O2/c1-8(2)11(16)14-6-7-15-12(17)10-9(3)4-5-13-10/h8-10,13H,4-7H2,1-3H3,(H,14,16)(H,15,17). The van der Waals surface area contributed by atoms with E-state index in [1.165, 1.54) is 0 Å². The third-order valence-electron chi connectivity index (χ3n) is 3.06. The van der Waals surface area contributed by atoms with E-state index in [0.29, 0.717) is 19.0 Å². The van der Waals surface area contributed by atoms with Gasteiger partial charge in [0.15, 0.2) is 0 Å². The highest BCUT2D eigenvalue weighted by atomic mass is 16.2. The van der Waals surface area contributed by atoms with Gasteiger partial charge >= 0.3 is 0 Å². The minimum absolute atomic E-state index is 0.0118. The number of rotatable bonds is 5. The molecule has 2 amide bonds. The molecule has 0 aromatic carbocycles. The zero-order valence-corrected chi connectivity index (χ0v) is 10.9. The second-order valence-corrected chi connectivity index (χ2v) is 4.93. The Morgan fingerprint density at radius 2 is 1.94 bits per heavy atom. The molecule has 0 aromatic rings. The second-order valence-electron chi connectivity index (χ2n) is 4.93. The summed E-state index contributed by atoms with van der Waals surface area (Å²) in [5.41, 5.74) is 0. The Labute approximate surface area is 103 Å². The van der Waals surface area contributed by atoms with Crippen molar-refractivity contribution in [1.82, 2.24) is 16.0 Å². The van der Waals surface area contributed by atoms with E-state index in [4.69, 9.17) is 0 Å². The molecule has 1 aliphatic rings. The predicted octanol–water partition coefficient (Wildman–Crippen LogP) is -0.127. The molecule has 5 heteroatoms. The van der Waals surface area contributed by atoms with Crippen LogP contribution < -0.4 is 16.0 Å². The van der Waals surface area contributed by atoms with E-state index in [1.54, 1.807) is 0 Å². The van der Waals surface area contributed by atoms with Gasteiger partial charge in [0.25, 0.3) is 0 Å². The summed E-state index contributed by atoms with van der Waals surface area (Å²) in [6.07, 6.45) is 1.04. The molecule has 0 saturated carbocycles. The maximum Gasteiger partial charge on any atom is 0.237 e. The Kier molecular flexibility index (Phi) is 5.41. The maximum absolute atomic E-state index is 11.7. The van der Waals surface area contributed by atoms with Gasteiger partial charge in [0.2, 0.25) is 11.8 Å². The molecule has 2 atom stereocenters. The summed E-state index contributed by atoms with van der Waals surface area (Å²) in [4.78, 5) is 23.0. The van der Waals surface area contributed by atoms with E-state index in [9.17, 15) is 9.59 Å². The van der Waals surface area contributed by atoms with Crippen LogP contribution in [0.5, 0.6) is 0 Å². The highest BCUT2D eigenvalue weighted by Gasteiger charge is 2.28. The van der Waals surface area contributed by atoms with Crippen molar-refractivity contribution in [2.75, 3.05) is 19.6 Å². The van der Waals surface area contributed by atoms with Gasteiger partial charge in [0, 0.05) is 19.0 Å². The number of carbonyl (C=O) groups excluding carboxylic acids is 2. The Morgan fingerprint density at radius 1 is 1.29 bits per heavy atom. The Balaban J connectivity index is 2.14. The number of hydrogen-bond acceptors (Lipinski definition) is 3. The average molecular weight is 241 g/mol. The maximum atomic E-state index is 11.7. The van der Waals surface area contributed by atoms with Crippen molar-refractivity contribution in [3.05, 3.63) is 0 Å². The van der Waals surface area contributed by atoms with Crippen LogP contribution in [0.1, 0.15) is 27.2 Å². The zero-order chi connectivity index (χ0) is 12.8. The largest absolute Gasteiger partial charge is 0.354 e. The summed E-state index contributed by atoms with van der Waals surface area (Å²) < 4.78 is 0. The zero-order valence-electron chi connectivity index (χ0n) is 10.9. The van der Waals surface area contributed by atoms with Crippen LogP contribution in [-0.2, 0) is 9.59 Å². The van der Waals surface area contributed by atoms with Gasteiger partial charge in [-0.15, -0.1) is 0 Å². The monoisotopic (exact) mass is 241 g/mol. The highest BCUT2D eigenvalue weighted by Crippen LogP contribution is 2.13. The van der Waals surface area contributed by atoms with Crippen LogP contribution in [0.3, 0.4) is 0 Å². The molecule has 0 aromatic heterocycles. The average Bonchev–Trinajstić information content (AvgIpc) is 2.70. The first-order valence-electron chi connectivity index (χ1n) is 6.31.